The first kappa shape index (κ1) is 15.2. The first-order valence-electron chi connectivity index (χ1n) is 6.57. The zero-order valence-corrected chi connectivity index (χ0v) is 11.4. The molecule has 0 aromatic heterocycles. The Hall–Kier alpha value is -1.89. The molecule has 3 nitrogen and oxygen atoms in total. The predicted octanol–water partition coefficient (Wildman–Crippen LogP) is 3.87. The maximum absolute atomic E-state index is 13.5. The molecular formula is C15H19FN2O. The molecule has 1 N–H and O–H groups in total. The Balaban J connectivity index is 2.95. The predicted molar refractivity (Wildman–Crippen MR) is 72.9 cm³/mol. The first-order valence-corrected chi connectivity index (χ1v) is 6.57. The third-order valence-corrected chi connectivity index (χ3v) is 3.12. The van der Waals surface area contributed by atoms with Crippen molar-refractivity contribution >= 4 is 11.6 Å². The SMILES string of the molecule is CCCC(C#N)(CCC)C(=O)Nc1ccccc1F. The summed E-state index contributed by atoms with van der Waals surface area (Å²) in [5.41, 5.74) is -0.939. The number of benzene rings is 1. The van der Waals surface area contributed by atoms with Crippen molar-refractivity contribution in [2.45, 2.75) is 39.5 Å². The van der Waals surface area contributed by atoms with Crippen LogP contribution in [0.3, 0.4) is 0 Å². The van der Waals surface area contributed by atoms with Crippen molar-refractivity contribution < 1.29 is 9.18 Å². The third-order valence-electron chi connectivity index (χ3n) is 3.12. The molecule has 0 radical (unpaired) electrons. The molecule has 4 heteroatoms. The zero-order valence-electron chi connectivity index (χ0n) is 11.4. The van der Waals surface area contributed by atoms with Crippen LogP contribution in [-0.4, -0.2) is 5.91 Å². The maximum atomic E-state index is 13.5. The van der Waals surface area contributed by atoms with Gasteiger partial charge in [-0.05, 0) is 25.0 Å². The summed E-state index contributed by atoms with van der Waals surface area (Å²) in [6, 6.07) is 8.10. The van der Waals surface area contributed by atoms with Gasteiger partial charge < -0.3 is 5.32 Å². The number of nitrogens with one attached hydrogen (secondary N) is 1. The van der Waals surface area contributed by atoms with Gasteiger partial charge in [-0.2, -0.15) is 5.26 Å². The molecule has 0 bridgehead atoms. The van der Waals surface area contributed by atoms with E-state index in [2.05, 4.69) is 11.4 Å². The summed E-state index contributed by atoms with van der Waals surface area (Å²) in [5.74, 6) is -0.903. The van der Waals surface area contributed by atoms with Crippen molar-refractivity contribution in [3.63, 3.8) is 0 Å². The second kappa shape index (κ2) is 6.89. The van der Waals surface area contributed by atoms with Crippen LogP contribution in [0.25, 0.3) is 0 Å². The van der Waals surface area contributed by atoms with Gasteiger partial charge in [-0.25, -0.2) is 4.39 Å². The van der Waals surface area contributed by atoms with E-state index in [1.807, 2.05) is 13.8 Å². The van der Waals surface area contributed by atoms with Crippen LogP contribution in [0.4, 0.5) is 10.1 Å². The number of carbonyl (C=O) groups excluding carboxylic acids is 1. The van der Waals surface area contributed by atoms with Crippen molar-refractivity contribution in [1.29, 1.82) is 5.26 Å². The van der Waals surface area contributed by atoms with Crippen LogP contribution in [0.5, 0.6) is 0 Å². The first-order chi connectivity index (χ1) is 9.09. The van der Waals surface area contributed by atoms with Crippen LogP contribution < -0.4 is 5.32 Å². The molecule has 0 spiro atoms. The Labute approximate surface area is 113 Å². The van der Waals surface area contributed by atoms with Crippen LogP contribution in [0.1, 0.15) is 39.5 Å². The van der Waals surface area contributed by atoms with Crippen LogP contribution >= 0.6 is 0 Å². The quantitative estimate of drug-likeness (QED) is 0.846. The van der Waals surface area contributed by atoms with Crippen LogP contribution in [-0.2, 0) is 4.79 Å². The molecule has 0 aliphatic heterocycles. The normalized spacial score (nSPS) is 10.8. The summed E-state index contributed by atoms with van der Waals surface area (Å²) >= 11 is 0. The second-order valence-electron chi connectivity index (χ2n) is 4.63. The van der Waals surface area contributed by atoms with E-state index in [9.17, 15) is 14.4 Å². The topological polar surface area (TPSA) is 52.9 Å². The molecule has 1 rings (SSSR count). The Morgan fingerprint density at radius 1 is 1.32 bits per heavy atom. The summed E-state index contributed by atoms with van der Waals surface area (Å²) in [4.78, 5) is 12.3. The van der Waals surface area contributed by atoms with Gasteiger partial charge in [-0.3, -0.25) is 4.79 Å². The highest BCUT2D eigenvalue weighted by Crippen LogP contribution is 2.31. The van der Waals surface area contributed by atoms with Crippen molar-refractivity contribution in [3.05, 3.63) is 30.1 Å². The van der Waals surface area contributed by atoms with Crippen molar-refractivity contribution in [2.75, 3.05) is 5.32 Å². The monoisotopic (exact) mass is 262 g/mol. The molecule has 0 aliphatic rings. The number of carbonyl (C=O) groups is 1. The van der Waals surface area contributed by atoms with Gasteiger partial charge in [0, 0.05) is 0 Å². The van der Waals surface area contributed by atoms with Gasteiger partial charge in [-0.15, -0.1) is 0 Å². The number of halogens is 1. The molecule has 102 valence electrons. The molecule has 1 aromatic rings. The number of rotatable bonds is 6. The highest BCUT2D eigenvalue weighted by molar-refractivity contribution is 5.97. The number of anilines is 1. The maximum Gasteiger partial charge on any atom is 0.244 e. The van der Waals surface area contributed by atoms with E-state index in [4.69, 9.17) is 0 Å². The van der Waals surface area contributed by atoms with E-state index >= 15 is 0 Å². The number of hydrogen-bond donors (Lipinski definition) is 1. The number of nitrogens with zero attached hydrogens (tertiary/aromatic N) is 1. The van der Waals surface area contributed by atoms with Gasteiger partial charge >= 0.3 is 0 Å². The molecule has 0 fully saturated rings. The number of hydrogen-bond acceptors (Lipinski definition) is 2. The molecular weight excluding hydrogens is 243 g/mol. The lowest BCUT2D eigenvalue weighted by molar-refractivity contribution is -0.123. The fraction of sp³-hybridized carbons (Fsp3) is 0.467. The van der Waals surface area contributed by atoms with Gasteiger partial charge in [0.25, 0.3) is 0 Å². The minimum absolute atomic E-state index is 0.124. The highest BCUT2D eigenvalue weighted by atomic mass is 19.1. The van der Waals surface area contributed by atoms with Gasteiger partial charge in [0.15, 0.2) is 0 Å². The van der Waals surface area contributed by atoms with Crippen LogP contribution in [0.2, 0.25) is 0 Å². The lowest BCUT2D eigenvalue weighted by Crippen LogP contribution is -2.35. The van der Waals surface area contributed by atoms with Crippen molar-refractivity contribution in [1.82, 2.24) is 0 Å². The number of nitriles is 1. The van der Waals surface area contributed by atoms with E-state index in [-0.39, 0.29) is 5.69 Å². The average Bonchev–Trinajstić information content (AvgIpc) is 2.41. The molecule has 0 atom stereocenters. The largest absolute Gasteiger partial charge is 0.322 e. The number of amides is 1. The van der Waals surface area contributed by atoms with Gasteiger partial charge in [-0.1, -0.05) is 38.8 Å². The van der Waals surface area contributed by atoms with Crippen molar-refractivity contribution in [2.24, 2.45) is 5.41 Å². The minimum Gasteiger partial charge on any atom is -0.322 e. The summed E-state index contributed by atoms with van der Waals surface area (Å²) in [6.07, 6.45) is 2.44. The van der Waals surface area contributed by atoms with E-state index in [0.717, 1.165) is 12.8 Å². The van der Waals surface area contributed by atoms with Crippen molar-refractivity contribution in [3.8, 4) is 6.07 Å². The lowest BCUT2D eigenvalue weighted by Gasteiger charge is -2.24. The van der Waals surface area contributed by atoms with E-state index < -0.39 is 17.1 Å². The highest BCUT2D eigenvalue weighted by Gasteiger charge is 2.37. The molecule has 0 unspecified atom stereocenters. The average molecular weight is 262 g/mol. The Kier molecular flexibility index (Phi) is 5.50. The Morgan fingerprint density at radius 2 is 1.89 bits per heavy atom. The Morgan fingerprint density at radius 3 is 2.37 bits per heavy atom. The summed E-state index contributed by atoms with van der Waals surface area (Å²) < 4.78 is 13.5. The molecule has 0 saturated heterocycles. The van der Waals surface area contributed by atoms with Crippen LogP contribution in [0, 0.1) is 22.6 Å². The summed E-state index contributed by atoms with van der Waals surface area (Å²) in [6.45, 7) is 3.86. The number of para-hydroxylation sites is 1. The lowest BCUT2D eigenvalue weighted by atomic mass is 9.79. The van der Waals surface area contributed by atoms with E-state index in [1.54, 1.807) is 12.1 Å². The Bertz CT molecular complexity index is 473. The molecule has 0 heterocycles. The summed E-state index contributed by atoms with van der Waals surface area (Å²) in [5, 5.41) is 11.9. The van der Waals surface area contributed by atoms with Crippen LogP contribution in [0.15, 0.2) is 24.3 Å². The van der Waals surface area contributed by atoms with E-state index in [1.165, 1.54) is 12.1 Å². The second-order valence-corrected chi connectivity index (χ2v) is 4.63. The summed E-state index contributed by atoms with van der Waals surface area (Å²) in [7, 11) is 0. The smallest absolute Gasteiger partial charge is 0.244 e. The molecule has 0 aliphatic carbocycles. The van der Waals surface area contributed by atoms with Gasteiger partial charge in [0.2, 0.25) is 5.91 Å². The molecule has 0 saturated carbocycles. The minimum atomic E-state index is -1.06. The molecule has 1 amide bonds. The zero-order chi connectivity index (χ0) is 14.3. The van der Waals surface area contributed by atoms with Gasteiger partial charge in [0.05, 0.1) is 11.8 Å². The molecule has 19 heavy (non-hydrogen) atoms. The van der Waals surface area contributed by atoms with E-state index in [0.29, 0.717) is 12.8 Å². The molecule has 1 aromatic carbocycles. The fourth-order valence-corrected chi connectivity index (χ4v) is 2.17. The fourth-order valence-electron chi connectivity index (χ4n) is 2.17. The standard InChI is InChI=1S/C15H19FN2O/c1-3-9-15(11-17,10-4-2)14(19)18-13-8-6-5-7-12(13)16/h5-8H,3-4,9-10H2,1-2H3,(H,18,19). The third kappa shape index (κ3) is 3.54. The van der Waals surface area contributed by atoms with Gasteiger partial charge in [0.1, 0.15) is 11.2 Å².